The minimum absolute atomic E-state index is 1.07. The summed E-state index contributed by atoms with van der Waals surface area (Å²) in [5, 5.41) is 3.36. The molecule has 1 heteroatoms. The van der Waals surface area contributed by atoms with Gasteiger partial charge in [0, 0.05) is 11.4 Å². The number of benzene rings is 1. The van der Waals surface area contributed by atoms with E-state index in [1.165, 1.54) is 29.7 Å². The Morgan fingerprint density at radius 3 is 2.69 bits per heavy atom. The van der Waals surface area contributed by atoms with Gasteiger partial charge in [0.05, 0.1) is 0 Å². The quantitative estimate of drug-likeness (QED) is 0.767. The summed E-state index contributed by atoms with van der Waals surface area (Å²) in [4.78, 5) is 0. The van der Waals surface area contributed by atoms with Crippen molar-refractivity contribution in [3.8, 4) is 0 Å². The van der Waals surface area contributed by atoms with E-state index >= 15 is 0 Å². The van der Waals surface area contributed by atoms with Crippen LogP contribution in [-0.2, 0) is 12.8 Å². The SMILES string of the molecule is C=C1CCc2ccc(CCC)cc2N1.CC. The predicted molar refractivity (Wildman–Crippen MR) is 72.9 cm³/mol. The molecule has 0 amide bonds. The summed E-state index contributed by atoms with van der Waals surface area (Å²) >= 11 is 0. The van der Waals surface area contributed by atoms with Crippen molar-refractivity contribution >= 4 is 5.69 Å². The third-order valence-electron chi connectivity index (χ3n) is 2.72. The number of hydrogen-bond acceptors (Lipinski definition) is 1. The molecule has 0 aromatic heterocycles. The minimum Gasteiger partial charge on any atom is -0.359 e. The fourth-order valence-electron chi connectivity index (χ4n) is 1.94. The summed E-state index contributed by atoms with van der Waals surface area (Å²) in [5.41, 5.74) is 5.27. The summed E-state index contributed by atoms with van der Waals surface area (Å²) in [6.45, 7) is 10.2. The van der Waals surface area contributed by atoms with Gasteiger partial charge in [0.15, 0.2) is 0 Å². The Hall–Kier alpha value is -1.24. The molecule has 1 aromatic carbocycles. The maximum absolute atomic E-state index is 3.98. The number of anilines is 1. The van der Waals surface area contributed by atoms with E-state index in [2.05, 4.69) is 37.0 Å². The van der Waals surface area contributed by atoms with E-state index in [9.17, 15) is 0 Å². The first-order chi connectivity index (χ1) is 7.79. The second-order valence-corrected chi connectivity index (χ2v) is 3.97. The number of hydrogen-bond donors (Lipinski definition) is 1. The van der Waals surface area contributed by atoms with Gasteiger partial charge in [-0.05, 0) is 36.5 Å². The Bertz CT molecular complexity index is 352. The average Bonchev–Trinajstić information content (AvgIpc) is 2.31. The fourth-order valence-corrected chi connectivity index (χ4v) is 1.94. The third kappa shape index (κ3) is 3.13. The van der Waals surface area contributed by atoms with Gasteiger partial charge in [-0.25, -0.2) is 0 Å². The molecular formula is C15H23N. The molecule has 1 aliphatic rings. The molecule has 0 radical (unpaired) electrons. The normalized spacial score (nSPS) is 13.3. The van der Waals surface area contributed by atoms with Crippen LogP contribution in [0.25, 0.3) is 0 Å². The summed E-state index contributed by atoms with van der Waals surface area (Å²) in [7, 11) is 0. The van der Waals surface area contributed by atoms with Crippen LogP contribution in [0.15, 0.2) is 30.5 Å². The Labute approximate surface area is 99.6 Å². The molecule has 1 aliphatic heterocycles. The summed E-state index contributed by atoms with van der Waals surface area (Å²) in [6, 6.07) is 6.76. The van der Waals surface area contributed by atoms with Gasteiger partial charge in [-0.2, -0.15) is 0 Å². The zero-order valence-electron chi connectivity index (χ0n) is 10.8. The molecule has 0 unspecified atom stereocenters. The molecule has 0 atom stereocenters. The minimum atomic E-state index is 1.07. The van der Waals surface area contributed by atoms with Crippen molar-refractivity contribution in [1.82, 2.24) is 0 Å². The molecule has 0 fully saturated rings. The van der Waals surface area contributed by atoms with Gasteiger partial charge < -0.3 is 5.32 Å². The lowest BCUT2D eigenvalue weighted by atomic mass is 9.98. The Kier molecular flexibility index (Phi) is 5.10. The highest BCUT2D eigenvalue weighted by Crippen LogP contribution is 2.27. The number of rotatable bonds is 2. The lowest BCUT2D eigenvalue weighted by Crippen LogP contribution is -2.09. The number of fused-ring (bicyclic) bond motifs is 1. The average molecular weight is 217 g/mol. The highest BCUT2D eigenvalue weighted by atomic mass is 14.9. The molecule has 2 rings (SSSR count). The van der Waals surface area contributed by atoms with Crippen LogP contribution in [0.2, 0.25) is 0 Å². The zero-order chi connectivity index (χ0) is 12.0. The largest absolute Gasteiger partial charge is 0.359 e. The fraction of sp³-hybridized carbons (Fsp3) is 0.467. The van der Waals surface area contributed by atoms with Crippen molar-refractivity contribution in [3.05, 3.63) is 41.6 Å². The van der Waals surface area contributed by atoms with Gasteiger partial charge in [-0.15, -0.1) is 0 Å². The van der Waals surface area contributed by atoms with Crippen molar-refractivity contribution in [2.45, 2.75) is 46.5 Å². The summed E-state index contributed by atoms with van der Waals surface area (Å²) in [6.07, 6.45) is 4.58. The third-order valence-corrected chi connectivity index (χ3v) is 2.72. The summed E-state index contributed by atoms with van der Waals surface area (Å²) in [5.74, 6) is 0. The van der Waals surface area contributed by atoms with Gasteiger partial charge in [0.2, 0.25) is 0 Å². The zero-order valence-corrected chi connectivity index (χ0v) is 10.8. The molecule has 0 saturated carbocycles. The second-order valence-electron chi connectivity index (χ2n) is 3.97. The molecule has 0 bridgehead atoms. The first-order valence-electron chi connectivity index (χ1n) is 6.36. The standard InChI is InChI=1S/C13H17N.C2H6/c1-3-4-11-6-8-12-7-5-10(2)14-13(12)9-11;1-2/h6,8-9,14H,2-5,7H2,1H3;1-2H3. The van der Waals surface area contributed by atoms with Crippen molar-refractivity contribution < 1.29 is 0 Å². The monoisotopic (exact) mass is 217 g/mol. The molecule has 0 spiro atoms. The lowest BCUT2D eigenvalue weighted by molar-refractivity contribution is 0.898. The van der Waals surface area contributed by atoms with Crippen LogP contribution in [0.5, 0.6) is 0 Å². The van der Waals surface area contributed by atoms with Crippen LogP contribution in [-0.4, -0.2) is 0 Å². The predicted octanol–water partition coefficient (Wildman–Crippen LogP) is 4.54. The van der Waals surface area contributed by atoms with E-state index in [4.69, 9.17) is 0 Å². The van der Waals surface area contributed by atoms with Crippen molar-refractivity contribution in [2.24, 2.45) is 0 Å². The van der Waals surface area contributed by atoms with Gasteiger partial charge in [0.25, 0.3) is 0 Å². The van der Waals surface area contributed by atoms with Crippen LogP contribution >= 0.6 is 0 Å². The smallest absolute Gasteiger partial charge is 0.0417 e. The van der Waals surface area contributed by atoms with E-state index in [0.717, 1.165) is 18.5 Å². The molecule has 1 aromatic rings. The number of allylic oxidation sites excluding steroid dienone is 1. The number of nitrogens with one attached hydrogen (secondary N) is 1. The molecule has 88 valence electrons. The highest BCUT2D eigenvalue weighted by molar-refractivity contribution is 5.58. The van der Waals surface area contributed by atoms with Gasteiger partial charge >= 0.3 is 0 Å². The van der Waals surface area contributed by atoms with Crippen LogP contribution in [0.4, 0.5) is 5.69 Å². The second kappa shape index (κ2) is 6.37. The van der Waals surface area contributed by atoms with Gasteiger partial charge in [0.1, 0.15) is 0 Å². The van der Waals surface area contributed by atoms with Crippen LogP contribution in [0, 0.1) is 0 Å². The maximum Gasteiger partial charge on any atom is 0.0417 e. The molecule has 0 saturated heterocycles. The molecule has 1 N–H and O–H groups in total. The van der Waals surface area contributed by atoms with Gasteiger partial charge in [-0.3, -0.25) is 0 Å². The van der Waals surface area contributed by atoms with Crippen molar-refractivity contribution in [2.75, 3.05) is 5.32 Å². The van der Waals surface area contributed by atoms with Crippen LogP contribution < -0.4 is 5.32 Å². The lowest BCUT2D eigenvalue weighted by Gasteiger charge is -2.20. The highest BCUT2D eigenvalue weighted by Gasteiger charge is 2.10. The summed E-state index contributed by atoms with van der Waals surface area (Å²) < 4.78 is 0. The molecule has 1 nitrogen and oxygen atoms in total. The van der Waals surface area contributed by atoms with E-state index < -0.39 is 0 Å². The molecule has 0 aliphatic carbocycles. The van der Waals surface area contributed by atoms with Crippen molar-refractivity contribution in [3.63, 3.8) is 0 Å². The van der Waals surface area contributed by atoms with E-state index in [1.54, 1.807) is 0 Å². The molecule has 16 heavy (non-hydrogen) atoms. The maximum atomic E-state index is 3.98. The Morgan fingerprint density at radius 1 is 1.25 bits per heavy atom. The van der Waals surface area contributed by atoms with Gasteiger partial charge in [-0.1, -0.05) is 45.9 Å². The number of aryl methyl sites for hydroxylation is 2. The van der Waals surface area contributed by atoms with Crippen molar-refractivity contribution in [1.29, 1.82) is 0 Å². The first kappa shape index (κ1) is 12.8. The van der Waals surface area contributed by atoms with E-state index in [0.29, 0.717) is 0 Å². The Morgan fingerprint density at radius 2 is 2.00 bits per heavy atom. The van der Waals surface area contributed by atoms with Crippen LogP contribution in [0.3, 0.4) is 0 Å². The molecular weight excluding hydrogens is 194 g/mol. The molecule has 1 heterocycles. The van der Waals surface area contributed by atoms with Crippen LogP contribution in [0.1, 0.15) is 44.7 Å². The van der Waals surface area contributed by atoms with E-state index in [1.807, 2.05) is 13.8 Å². The Balaban J connectivity index is 0.000000606. The first-order valence-corrected chi connectivity index (χ1v) is 6.36. The van der Waals surface area contributed by atoms with E-state index in [-0.39, 0.29) is 0 Å². The topological polar surface area (TPSA) is 12.0 Å².